The number of aliphatic hydroxyl groups excluding tert-OH is 1. The second-order valence-electron chi connectivity index (χ2n) is 6.05. The van der Waals surface area contributed by atoms with Crippen LogP contribution in [0.25, 0.3) is 0 Å². The van der Waals surface area contributed by atoms with E-state index in [-0.39, 0.29) is 6.10 Å². The number of hydrogen-bond donors (Lipinski definition) is 2. The molecule has 0 amide bonds. The van der Waals surface area contributed by atoms with Gasteiger partial charge in [-0.05, 0) is 45.4 Å². The Bertz CT molecular complexity index is 233. The van der Waals surface area contributed by atoms with Crippen molar-refractivity contribution < 1.29 is 5.11 Å². The van der Waals surface area contributed by atoms with Crippen molar-refractivity contribution in [3.8, 4) is 0 Å². The molecule has 2 rings (SSSR count). The van der Waals surface area contributed by atoms with E-state index in [1.165, 1.54) is 19.4 Å². The van der Waals surface area contributed by atoms with Crippen molar-refractivity contribution in [2.75, 3.05) is 19.6 Å². The van der Waals surface area contributed by atoms with Crippen LogP contribution in [0.1, 0.15) is 39.5 Å². The third-order valence-electron chi connectivity index (χ3n) is 4.34. The Hall–Kier alpha value is -0.160. The van der Waals surface area contributed by atoms with Crippen molar-refractivity contribution in [2.24, 2.45) is 11.8 Å². The fourth-order valence-electron chi connectivity index (χ4n) is 3.05. The highest BCUT2D eigenvalue weighted by molar-refractivity contribution is 4.89. The van der Waals surface area contributed by atoms with Gasteiger partial charge in [-0.3, -0.25) is 10.7 Å². The van der Waals surface area contributed by atoms with Crippen LogP contribution in [0.5, 0.6) is 0 Å². The van der Waals surface area contributed by atoms with Crippen LogP contribution < -0.4 is 5.84 Å². The Morgan fingerprint density at radius 1 is 1.29 bits per heavy atom. The molecule has 4 nitrogen and oxygen atoms in total. The first-order valence-electron chi connectivity index (χ1n) is 6.99. The van der Waals surface area contributed by atoms with Crippen molar-refractivity contribution in [1.82, 2.24) is 9.91 Å². The highest BCUT2D eigenvalue weighted by atomic mass is 16.3. The highest BCUT2D eigenvalue weighted by Gasteiger charge is 2.34. The van der Waals surface area contributed by atoms with E-state index in [1.807, 2.05) is 5.01 Å². The van der Waals surface area contributed by atoms with Crippen LogP contribution in [-0.2, 0) is 0 Å². The summed E-state index contributed by atoms with van der Waals surface area (Å²) in [6.07, 6.45) is 4.32. The number of aliphatic hydroxyl groups is 1. The smallest absolute Gasteiger partial charge is 0.0570 e. The summed E-state index contributed by atoms with van der Waals surface area (Å²) < 4.78 is 0. The lowest BCUT2D eigenvalue weighted by Crippen LogP contribution is -2.52. The molecule has 1 heterocycles. The number of rotatable bonds is 4. The standard InChI is InChI=1S/C13H27N3O/c1-10(2)16(12-7-13(17)8-12)9-11-3-5-15(14)6-4-11/h10-13,17H,3-9,14H2,1-2H3. The molecule has 0 radical (unpaired) electrons. The van der Waals surface area contributed by atoms with Crippen LogP contribution in [0.15, 0.2) is 0 Å². The predicted molar refractivity (Wildman–Crippen MR) is 69.4 cm³/mol. The molecule has 2 fully saturated rings. The van der Waals surface area contributed by atoms with Crippen LogP contribution in [-0.4, -0.2) is 52.8 Å². The van der Waals surface area contributed by atoms with Crippen molar-refractivity contribution >= 4 is 0 Å². The van der Waals surface area contributed by atoms with Crippen LogP contribution >= 0.6 is 0 Å². The first-order valence-corrected chi connectivity index (χ1v) is 6.99. The van der Waals surface area contributed by atoms with Gasteiger partial charge in [0.05, 0.1) is 6.10 Å². The molecule has 3 N–H and O–H groups in total. The summed E-state index contributed by atoms with van der Waals surface area (Å²) in [5, 5.41) is 11.4. The van der Waals surface area contributed by atoms with E-state index in [4.69, 9.17) is 5.84 Å². The largest absolute Gasteiger partial charge is 0.393 e. The maximum Gasteiger partial charge on any atom is 0.0570 e. The Labute approximate surface area is 105 Å². The SMILES string of the molecule is CC(C)N(CC1CCN(N)CC1)C1CC(O)C1. The molecule has 0 aromatic heterocycles. The average Bonchev–Trinajstić information content (AvgIpc) is 2.24. The maximum atomic E-state index is 9.44. The molecule has 0 spiro atoms. The zero-order valence-electron chi connectivity index (χ0n) is 11.2. The van der Waals surface area contributed by atoms with E-state index >= 15 is 0 Å². The van der Waals surface area contributed by atoms with E-state index in [1.54, 1.807) is 0 Å². The van der Waals surface area contributed by atoms with Gasteiger partial charge in [0.1, 0.15) is 0 Å². The second kappa shape index (κ2) is 5.65. The van der Waals surface area contributed by atoms with E-state index < -0.39 is 0 Å². The topological polar surface area (TPSA) is 52.7 Å². The lowest BCUT2D eigenvalue weighted by molar-refractivity contribution is -0.0220. The number of hydrazine groups is 1. The van der Waals surface area contributed by atoms with Crippen LogP contribution in [0.3, 0.4) is 0 Å². The molecule has 2 aliphatic rings. The molecular weight excluding hydrogens is 214 g/mol. The summed E-state index contributed by atoms with van der Waals surface area (Å²) in [4.78, 5) is 2.59. The molecule has 100 valence electrons. The molecule has 0 aromatic carbocycles. The monoisotopic (exact) mass is 241 g/mol. The van der Waals surface area contributed by atoms with Gasteiger partial charge in [-0.25, -0.2) is 5.01 Å². The van der Waals surface area contributed by atoms with Crippen molar-refractivity contribution in [1.29, 1.82) is 0 Å². The summed E-state index contributed by atoms with van der Waals surface area (Å²) in [5.74, 6) is 6.58. The molecule has 1 saturated carbocycles. The highest BCUT2D eigenvalue weighted by Crippen LogP contribution is 2.29. The molecule has 0 atom stereocenters. The number of nitrogens with zero attached hydrogens (tertiary/aromatic N) is 2. The Morgan fingerprint density at radius 3 is 2.35 bits per heavy atom. The van der Waals surface area contributed by atoms with Gasteiger partial charge in [0, 0.05) is 31.7 Å². The van der Waals surface area contributed by atoms with Crippen LogP contribution in [0.4, 0.5) is 0 Å². The van der Waals surface area contributed by atoms with Crippen LogP contribution in [0, 0.1) is 5.92 Å². The van der Waals surface area contributed by atoms with Crippen molar-refractivity contribution in [3.05, 3.63) is 0 Å². The minimum Gasteiger partial charge on any atom is -0.393 e. The van der Waals surface area contributed by atoms with Crippen LogP contribution in [0.2, 0.25) is 0 Å². The third kappa shape index (κ3) is 3.41. The van der Waals surface area contributed by atoms with Gasteiger partial charge in [0.25, 0.3) is 0 Å². The number of hydrogen-bond acceptors (Lipinski definition) is 4. The fraction of sp³-hybridized carbons (Fsp3) is 1.00. The molecule has 0 bridgehead atoms. The van der Waals surface area contributed by atoms with Crippen molar-refractivity contribution in [3.63, 3.8) is 0 Å². The minimum atomic E-state index is -0.0489. The summed E-state index contributed by atoms with van der Waals surface area (Å²) in [6, 6.07) is 1.20. The van der Waals surface area contributed by atoms with Gasteiger partial charge in [-0.15, -0.1) is 0 Å². The number of nitrogens with two attached hydrogens (primary N) is 1. The summed E-state index contributed by atoms with van der Waals surface area (Å²) in [5.41, 5.74) is 0. The normalized spacial score (nSPS) is 32.1. The Morgan fingerprint density at radius 2 is 1.88 bits per heavy atom. The molecule has 1 aliphatic carbocycles. The first kappa shape index (κ1) is 13.3. The quantitative estimate of drug-likeness (QED) is 0.715. The molecule has 4 heteroatoms. The lowest BCUT2D eigenvalue weighted by atomic mass is 9.85. The molecule has 1 saturated heterocycles. The number of piperidine rings is 1. The summed E-state index contributed by atoms with van der Waals surface area (Å²) in [6.45, 7) is 7.78. The fourth-order valence-corrected chi connectivity index (χ4v) is 3.05. The molecular formula is C13H27N3O. The van der Waals surface area contributed by atoms with Gasteiger partial charge >= 0.3 is 0 Å². The van der Waals surface area contributed by atoms with Gasteiger partial charge in [-0.1, -0.05) is 0 Å². The molecule has 17 heavy (non-hydrogen) atoms. The lowest BCUT2D eigenvalue weighted by Gasteiger charge is -2.45. The van der Waals surface area contributed by atoms with Gasteiger partial charge in [-0.2, -0.15) is 0 Å². The van der Waals surface area contributed by atoms with Gasteiger partial charge < -0.3 is 5.11 Å². The zero-order chi connectivity index (χ0) is 12.4. The molecule has 0 aromatic rings. The zero-order valence-corrected chi connectivity index (χ0v) is 11.2. The first-order chi connectivity index (χ1) is 8.06. The Kier molecular flexibility index (Phi) is 4.42. The third-order valence-corrected chi connectivity index (χ3v) is 4.34. The summed E-state index contributed by atoms with van der Waals surface area (Å²) >= 11 is 0. The predicted octanol–water partition coefficient (Wildman–Crippen LogP) is 0.806. The van der Waals surface area contributed by atoms with E-state index in [9.17, 15) is 5.11 Å². The minimum absolute atomic E-state index is 0.0489. The molecule has 0 unspecified atom stereocenters. The Balaban J connectivity index is 1.81. The second-order valence-corrected chi connectivity index (χ2v) is 6.05. The van der Waals surface area contributed by atoms with Crippen molar-refractivity contribution in [2.45, 2.75) is 57.7 Å². The van der Waals surface area contributed by atoms with E-state index in [2.05, 4.69) is 18.7 Å². The van der Waals surface area contributed by atoms with E-state index in [0.717, 1.165) is 31.8 Å². The summed E-state index contributed by atoms with van der Waals surface area (Å²) in [7, 11) is 0. The maximum absolute atomic E-state index is 9.44. The molecule has 1 aliphatic heterocycles. The van der Waals surface area contributed by atoms with Gasteiger partial charge in [0.2, 0.25) is 0 Å². The van der Waals surface area contributed by atoms with E-state index in [0.29, 0.717) is 12.1 Å². The average molecular weight is 241 g/mol. The van der Waals surface area contributed by atoms with Gasteiger partial charge in [0.15, 0.2) is 0 Å².